The highest BCUT2D eigenvalue weighted by atomic mass is 32.2. The molecule has 0 spiro atoms. The smallest absolute Gasteiger partial charge is 0.254 e. The van der Waals surface area contributed by atoms with Crippen molar-refractivity contribution >= 4 is 21.4 Å². The Balaban J connectivity index is 1.40. The van der Waals surface area contributed by atoms with Crippen molar-refractivity contribution in [2.24, 2.45) is 0 Å². The highest BCUT2D eigenvalue weighted by Crippen LogP contribution is 2.24. The molecule has 1 amide bonds. The Labute approximate surface area is 233 Å². The second-order valence-corrected chi connectivity index (χ2v) is 12.3. The van der Waals surface area contributed by atoms with Gasteiger partial charge < -0.3 is 14.5 Å². The molecule has 208 valence electrons. The molecule has 0 unspecified atom stereocenters. The van der Waals surface area contributed by atoms with Gasteiger partial charge in [-0.2, -0.15) is 0 Å². The topological polar surface area (TPSA) is 66.9 Å². The minimum atomic E-state index is -3.59. The fraction of sp³-hybridized carbons (Fsp3) is 0.406. The third-order valence-electron chi connectivity index (χ3n) is 7.24. The van der Waals surface area contributed by atoms with Gasteiger partial charge in [-0.3, -0.25) is 4.79 Å². The van der Waals surface area contributed by atoms with Crippen LogP contribution in [0.25, 0.3) is 0 Å². The maximum Gasteiger partial charge on any atom is 0.254 e. The summed E-state index contributed by atoms with van der Waals surface area (Å²) in [5.41, 5.74) is 4.32. The zero-order chi connectivity index (χ0) is 27.8. The van der Waals surface area contributed by atoms with E-state index in [9.17, 15) is 13.2 Å². The molecule has 6 nitrogen and oxygen atoms in total. The van der Waals surface area contributed by atoms with Gasteiger partial charge in [0.2, 0.25) is 0 Å². The Morgan fingerprint density at radius 1 is 0.846 bits per heavy atom. The first-order valence-electron chi connectivity index (χ1n) is 14.0. The number of benzene rings is 3. The number of sulfone groups is 1. The molecule has 0 aromatic heterocycles. The molecule has 39 heavy (non-hydrogen) atoms. The molecule has 0 atom stereocenters. The monoisotopic (exact) mass is 548 g/mol. The first-order chi connectivity index (χ1) is 18.8. The largest absolute Gasteiger partial charge is 0.494 e. The standard InChI is InChI=1S/C32H40N2O4S/c1-4-6-7-26-9-11-27(12-10-26)24-39(36,37)30-17-8-25(3)31(23-30)32(35)34-20-18-33(19-21-34)28-13-15-29(16-14-28)38-22-5-2/h8-17,23H,4-7,18-22,24H2,1-3H3. The molecule has 0 bridgehead atoms. The SMILES string of the molecule is CCCCc1ccc(CS(=O)(=O)c2ccc(C)c(C(=O)N3CCN(c4ccc(OCCC)cc4)CC3)c2)cc1. The van der Waals surface area contributed by atoms with E-state index in [0.29, 0.717) is 38.3 Å². The molecule has 0 N–H and O–H groups in total. The van der Waals surface area contributed by atoms with E-state index in [1.54, 1.807) is 18.2 Å². The quantitative estimate of drug-likeness (QED) is 0.291. The lowest BCUT2D eigenvalue weighted by Crippen LogP contribution is -2.49. The summed E-state index contributed by atoms with van der Waals surface area (Å²) in [6, 6.07) is 20.8. The third kappa shape index (κ3) is 7.41. The van der Waals surface area contributed by atoms with Crippen LogP contribution in [0.5, 0.6) is 5.75 Å². The van der Waals surface area contributed by atoms with Crippen LogP contribution in [-0.4, -0.2) is 52.0 Å². The number of hydrogen-bond acceptors (Lipinski definition) is 5. The van der Waals surface area contributed by atoms with Crippen LogP contribution < -0.4 is 9.64 Å². The summed E-state index contributed by atoms with van der Waals surface area (Å²) in [5, 5.41) is 0. The summed E-state index contributed by atoms with van der Waals surface area (Å²) in [6.07, 6.45) is 4.22. The molecule has 7 heteroatoms. The molecular formula is C32H40N2O4S. The van der Waals surface area contributed by atoms with Crippen LogP contribution in [0.2, 0.25) is 0 Å². The van der Waals surface area contributed by atoms with Crippen LogP contribution in [0, 0.1) is 6.92 Å². The number of rotatable bonds is 11. The van der Waals surface area contributed by atoms with E-state index in [4.69, 9.17) is 4.74 Å². The van der Waals surface area contributed by atoms with Crippen molar-refractivity contribution < 1.29 is 17.9 Å². The number of hydrogen-bond donors (Lipinski definition) is 0. The fourth-order valence-corrected chi connectivity index (χ4v) is 6.19. The highest BCUT2D eigenvalue weighted by molar-refractivity contribution is 7.90. The van der Waals surface area contributed by atoms with Crippen molar-refractivity contribution in [2.75, 3.05) is 37.7 Å². The molecule has 0 saturated carbocycles. The maximum absolute atomic E-state index is 13.5. The number of aryl methyl sites for hydroxylation is 2. The van der Waals surface area contributed by atoms with Crippen molar-refractivity contribution in [1.82, 2.24) is 4.90 Å². The summed E-state index contributed by atoms with van der Waals surface area (Å²) in [7, 11) is -3.59. The molecule has 0 aliphatic carbocycles. The fourth-order valence-electron chi connectivity index (χ4n) is 4.82. The van der Waals surface area contributed by atoms with E-state index >= 15 is 0 Å². The molecule has 1 saturated heterocycles. The predicted molar refractivity (Wildman–Crippen MR) is 157 cm³/mol. The minimum absolute atomic E-state index is 0.0846. The van der Waals surface area contributed by atoms with Gasteiger partial charge in [-0.05, 0) is 79.3 Å². The van der Waals surface area contributed by atoms with E-state index in [1.807, 2.05) is 48.2 Å². The van der Waals surface area contributed by atoms with Gasteiger partial charge in [0.1, 0.15) is 5.75 Å². The van der Waals surface area contributed by atoms with Gasteiger partial charge in [-0.1, -0.05) is 50.6 Å². The van der Waals surface area contributed by atoms with Crippen LogP contribution in [-0.2, 0) is 22.0 Å². The number of unbranched alkanes of at least 4 members (excludes halogenated alkanes) is 1. The van der Waals surface area contributed by atoms with Gasteiger partial charge in [0, 0.05) is 37.4 Å². The second-order valence-electron chi connectivity index (χ2n) is 10.3. The summed E-state index contributed by atoms with van der Waals surface area (Å²) >= 11 is 0. The Bertz CT molecular complexity index is 1340. The Morgan fingerprint density at radius 3 is 2.15 bits per heavy atom. The zero-order valence-corrected chi connectivity index (χ0v) is 24.2. The molecular weight excluding hydrogens is 508 g/mol. The number of anilines is 1. The lowest BCUT2D eigenvalue weighted by atomic mass is 10.1. The van der Waals surface area contributed by atoms with Gasteiger partial charge in [0.25, 0.3) is 5.91 Å². The van der Waals surface area contributed by atoms with Crippen LogP contribution in [0.3, 0.4) is 0 Å². The number of amides is 1. The predicted octanol–water partition coefficient (Wildman–Crippen LogP) is 6.06. The van der Waals surface area contributed by atoms with Gasteiger partial charge in [0.15, 0.2) is 9.84 Å². The molecule has 1 aliphatic rings. The lowest BCUT2D eigenvalue weighted by molar-refractivity contribution is 0.0746. The number of ether oxygens (including phenoxy) is 1. The van der Waals surface area contributed by atoms with E-state index in [1.165, 1.54) is 5.56 Å². The minimum Gasteiger partial charge on any atom is -0.494 e. The number of carbonyl (C=O) groups excluding carboxylic acids is 1. The van der Waals surface area contributed by atoms with Crippen LogP contribution >= 0.6 is 0 Å². The van der Waals surface area contributed by atoms with Gasteiger partial charge >= 0.3 is 0 Å². The van der Waals surface area contributed by atoms with Crippen molar-refractivity contribution in [3.63, 3.8) is 0 Å². The number of nitrogens with zero attached hydrogens (tertiary/aromatic N) is 2. The first kappa shape index (κ1) is 28.7. The van der Waals surface area contributed by atoms with Crippen molar-refractivity contribution in [3.05, 3.63) is 89.0 Å². The van der Waals surface area contributed by atoms with Gasteiger partial charge in [-0.15, -0.1) is 0 Å². The molecule has 1 heterocycles. The molecule has 4 rings (SSSR count). The first-order valence-corrected chi connectivity index (χ1v) is 15.6. The summed E-state index contributed by atoms with van der Waals surface area (Å²) in [5.74, 6) is 0.662. The van der Waals surface area contributed by atoms with E-state index in [-0.39, 0.29) is 16.6 Å². The summed E-state index contributed by atoms with van der Waals surface area (Å²) in [6.45, 7) is 9.39. The van der Waals surface area contributed by atoms with Crippen LogP contribution in [0.1, 0.15) is 60.2 Å². The molecule has 1 fully saturated rings. The van der Waals surface area contributed by atoms with Gasteiger partial charge in [0.05, 0.1) is 17.3 Å². The van der Waals surface area contributed by atoms with Crippen LogP contribution in [0.4, 0.5) is 5.69 Å². The number of carbonyl (C=O) groups is 1. The second kappa shape index (κ2) is 13.2. The zero-order valence-electron chi connectivity index (χ0n) is 23.4. The average Bonchev–Trinajstić information content (AvgIpc) is 2.95. The normalized spacial score (nSPS) is 13.9. The average molecular weight is 549 g/mol. The Kier molecular flexibility index (Phi) is 9.68. The van der Waals surface area contributed by atoms with Crippen molar-refractivity contribution in [3.8, 4) is 5.75 Å². The van der Waals surface area contributed by atoms with E-state index in [2.05, 4.69) is 30.9 Å². The highest BCUT2D eigenvalue weighted by Gasteiger charge is 2.25. The molecule has 3 aromatic carbocycles. The lowest BCUT2D eigenvalue weighted by Gasteiger charge is -2.36. The third-order valence-corrected chi connectivity index (χ3v) is 8.92. The summed E-state index contributed by atoms with van der Waals surface area (Å²) < 4.78 is 32.2. The van der Waals surface area contributed by atoms with Crippen molar-refractivity contribution in [2.45, 2.75) is 57.1 Å². The van der Waals surface area contributed by atoms with Crippen LogP contribution in [0.15, 0.2) is 71.6 Å². The molecule has 0 radical (unpaired) electrons. The van der Waals surface area contributed by atoms with Gasteiger partial charge in [-0.25, -0.2) is 8.42 Å². The molecule has 1 aliphatic heterocycles. The summed E-state index contributed by atoms with van der Waals surface area (Å²) in [4.78, 5) is 17.7. The number of piperazine rings is 1. The maximum atomic E-state index is 13.5. The van der Waals surface area contributed by atoms with E-state index < -0.39 is 9.84 Å². The van der Waals surface area contributed by atoms with E-state index in [0.717, 1.165) is 48.2 Å². The Hall–Kier alpha value is -3.32. The van der Waals surface area contributed by atoms with Crippen molar-refractivity contribution in [1.29, 1.82) is 0 Å². The molecule has 3 aromatic rings. The Morgan fingerprint density at radius 2 is 1.51 bits per heavy atom.